The molecule has 2 aliphatic heterocycles. The second-order valence-electron chi connectivity index (χ2n) is 9.55. The van der Waals surface area contributed by atoms with E-state index < -0.39 is 0 Å². The predicted octanol–water partition coefficient (Wildman–Crippen LogP) is 6.96. The second kappa shape index (κ2) is 9.67. The minimum absolute atomic E-state index is 0.0203. The number of fused-ring (bicyclic) bond motifs is 1. The number of hydrogen-bond donors (Lipinski definition) is 1. The van der Waals surface area contributed by atoms with Crippen LogP contribution in [0.5, 0.6) is 0 Å². The molecule has 1 fully saturated rings. The molecule has 1 saturated carbocycles. The monoisotopic (exact) mass is 479 g/mol. The summed E-state index contributed by atoms with van der Waals surface area (Å²) in [5.41, 5.74) is 4.70. The fraction of sp³-hybridized carbons (Fsp3) is 0.267. The molecule has 3 heterocycles. The molecule has 1 N–H and O–H groups in total. The Morgan fingerprint density at radius 2 is 1.63 bits per heavy atom. The number of hydrogen-bond acceptors (Lipinski definition) is 3. The minimum Gasteiger partial charge on any atom is -0.354 e. The fourth-order valence-electron chi connectivity index (χ4n) is 5.24. The van der Waals surface area contributed by atoms with Gasteiger partial charge in [0, 0.05) is 28.8 Å². The van der Waals surface area contributed by atoms with Crippen molar-refractivity contribution in [1.82, 2.24) is 14.5 Å². The van der Waals surface area contributed by atoms with E-state index in [4.69, 9.17) is 4.98 Å². The molecule has 5 heteroatoms. The van der Waals surface area contributed by atoms with Crippen molar-refractivity contribution in [3.05, 3.63) is 116 Å². The molecule has 0 atom stereocenters. The zero-order valence-electron chi connectivity index (χ0n) is 19.7. The molecule has 3 aromatic rings. The number of rotatable bonds is 6. The minimum atomic E-state index is -0.0203. The normalized spacial score (nSPS) is 14.5. The van der Waals surface area contributed by atoms with Crippen LogP contribution in [0.3, 0.4) is 0 Å². The number of nitrogens with zero attached hydrogens (tertiary/aromatic N) is 2. The molecule has 2 aromatic carbocycles. The smallest absolute Gasteiger partial charge is 0.278 e. The number of aromatic amines is 1. The third-order valence-corrected chi connectivity index (χ3v) is 8.34. The first-order valence-corrected chi connectivity index (χ1v) is 13.4. The number of H-pyrrole nitrogens is 1. The zero-order valence-corrected chi connectivity index (χ0v) is 20.6. The molecule has 0 saturated heterocycles. The van der Waals surface area contributed by atoms with Crippen LogP contribution in [0.1, 0.15) is 64.7 Å². The molecule has 176 valence electrons. The van der Waals surface area contributed by atoms with Gasteiger partial charge in [0.25, 0.3) is 5.56 Å². The quantitative estimate of drug-likeness (QED) is 0.286. The van der Waals surface area contributed by atoms with Crippen molar-refractivity contribution in [2.75, 3.05) is 0 Å². The van der Waals surface area contributed by atoms with Crippen LogP contribution in [0.2, 0.25) is 0 Å². The van der Waals surface area contributed by atoms with Crippen LogP contribution in [0.15, 0.2) is 83.8 Å². The zero-order chi connectivity index (χ0) is 23.6. The summed E-state index contributed by atoms with van der Waals surface area (Å²) in [6, 6.07) is 25.0. The maximum atomic E-state index is 13.5. The molecule has 3 aliphatic rings. The summed E-state index contributed by atoms with van der Waals surface area (Å²) < 4.78 is 1.74. The van der Waals surface area contributed by atoms with Gasteiger partial charge in [-0.05, 0) is 42.0 Å². The molecule has 4 nitrogen and oxygen atoms in total. The van der Waals surface area contributed by atoms with Gasteiger partial charge < -0.3 is 4.98 Å². The third kappa shape index (κ3) is 4.61. The summed E-state index contributed by atoms with van der Waals surface area (Å²) in [6.07, 6.45) is 9.79. The Kier molecular flexibility index (Phi) is 6.09. The van der Waals surface area contributed by atoms with E-state index in [1.807, 2.05) is 53.9 Å². The largest absolute Gasteiger partial charge is 0.354 e. The first kappa shape index (κ1) is 22.1. The highest BCUT2D eigenvalue weighted by Gasteiger charge is 2.22. The van der Waals surface area contributed by atoms with Crippen LogP contribution in [0.25, 0.3) is 17.1 Å². The fourth-order valence-corrected chi connectivity index (χ4v) is 6.43. The van der Waals surface area contributed by atoms with Crippen LogP contribution >= 0.6 is 11.3 Å². The molecular weight excluding hydrogens is 450 g/mol. The number of imidazole rings is 1. The van der Waals surface area contributed by atoms with Crippen molar-refractivity contribution < 1.29 is 0 Å². The van der Waals surface area contributed by atoms with Gasteiger partial charge in [0.05, 0.1) is 11.4 Å². The average molecular weight is 480 g/mol. The lowest BCUT2D eigenvalue weighted by Gasteiger charge is -2.19. The SMILES string of the molecule is O=c1c(Cc2ccc(C3CCCCC3)s2)nc2c(Cc3ccccc3)[nH]c(-c3ccccc3)cn1-2. The number of nitrogens with one attached hydrogen (secondary N) is 1. The van der Waals surface area contributed by atoms with E-state index in [1.165, 1.54) is 47.4 Å². The van der Waals surface area contributed by atoms with Crippen LogP contribution in [-0.2, 0) is 12.8 Å². The van der Waals surface area contributed by atoms with E-state index in [2.05, 4.69) is 41.4 Å². The lowest BCUT2D eigenvalue weighted by molar-refractivity contribution is 0.448. The average Bonchev–Trinajstić information content (AvgIpc) is 3.51. The molecule has 1 aromatic heterocycles. The Morgan fingerprint density at radius 1 is 0.886 bits per heavy atom. The Bertz CT molecular complexity index is 1440. The number of benzene rings is 2. The summed E-state index contributed by atoms with van der Waals surface area (Å²) in [5, 5.41) is 0. The Balaban J connectivity index is 1.38. The molecule has 35 heavy (non-hydrogen) atoms. The topological polar surface area (TPSA) is 50.7 Å². The molecule has 0 radical (unpaired) electrons. The summed E-state index contributed by atoms with van der Waals surface area (Å²) in [4.78, 5) is 24.7. The predicted molar refractivity (Wildman–Crippen MR) is 143 cm³/mol. The van der Waals surface area contributed by atoms with E-state index in [0.29, 0.717) is 24.5 Å². The van der Waals surface area contributed by atoms with Crippen LogP contribution in [0, 0.1) is 0 Å². The Labute approximate surface area is 209 Å². The maximum absolute atomic E-state index is 13.5. The van der Waals surface area contributed by atoms with Crippen molar-refractivity contribution in [2.24, 2.45) is 0 Å². The molecular formula is C30H29N3OS. The molecule has 0 bridgehead atoms. The highest BCUT2D eigenvalue weighted by atomic mass is 32.1. The van der Waals surface area contributed by atoms with Gasteiger partial charge in [-0.2, -0.15) is 0 Å². The van der Waals surface area contributed by atoms with E-state index >= 15 is 0 Å². The van der Waals surface area contributed by atoms with Gasteiger partial charge in [0.2, 0.25) is 0 Å². The van der Waals surface area contributed by atoms with Gasteiger partial charge >= 0.3 is 0 Å². The summed E-state index contributed by atoms with van der Waals surface area (Å²) >= 11 is 1.86. The van der Waals surface area contributed by atoms with E-state index in [1.54, 1.807) is 4.57 Å². The van der Waals surface area contributed by atoms with Crippen molar-refractivity contribution in [1.29, 1.82) is 0 Å². The molecule has 0 unspecified atom stereocenters. The highest BCUT2D eigenvalue weighted by molar-refractivity contribution is 7.12. The van der Waals surface area contributed by atoms with Gasteiger partial charge in [-0.1, -0.05) is 79.9 Å². The van der Waals surface area contributed by atoms with Crippen molar-refractivity contribution >= 4 is 11.3 Å². The van der Waals surface area contributed by atoms with Crippen molar-refractivity contribution in [3.63, 3.8) is 0 Å². The molecule has 0 amide bonds. The Morgan fingerprint density at radius 3 is 2.40 bits per heavy atom. The third-order valence-electron chi connectivity index (χ3n) is 7.09. The van der Waals surface area contributed by atoms with Crippen molar-refractivity contribution in [2.45, 2.75) is 50.9 Å². The number of thiophene rings is 1. The first-order valence-electron chi connectivity index (χ1n) is 12.6. The van der Waals surface area contributed by atoms with E-state index in [0.717, 1.165) is 22.8 Å². The van der Waals surface area contributed by atoms with Crippen molar-refractivity contribution in [3.8, 4) is 17.1 Å². The van der Waals surface area contributed by atoms with Gasteiger partial charge in [-0.25, -0.2) is 4.98 Å². The summed E-state index contributed by atoms with van der Waals surface area (Å²) in [5.74, 6) is 1.41. The van der Waals surface area contributed by atoms with Gasteiger partial charge in [-0.15, -0.1) is 11.3 Å². The van der Waals surface area contributed by atoms with Gasteiger partial charge in [0.15, 0.2) is 5.82 Å². The molecule has 1 aliphatic carbocycles. The summed E-state index contributed by atoms with van der Waals surface area (Å²) in [7, 11) is 0. The maximum Gasteiger partial charge on any atom is 0.278 e. The van der Waals surface area contributed by atoms with Crippen LogP contribution in [-0.4, -0.2) is 14.5 Å². The first-order chi connectivity index (χ1) is 17.2. The van der Waals surface area contributed by atoms with Gasteiger partial charge in [0.1, 0.15) is 5.69 Å². The Hall–Kier alpha value is -3.44. The van der Waals surface area contributed by atoms with Crippen LogP contribution in [0.4, 0.5) is 0 Å². The molecule has 6 rings (SSSR count). The molecule has 0 spiro atoms. The van der Waals surface area contributed by atoms with Gasteiger partial charge in [-0.3, -0.25) is 9.36 Å². The summed E-state index contributed by atoms with van der Waals surface area (Å²) in [6.45, 7) is 0. The van der Waals surface area contributed by atoms with E-state index in [-0.39, 0.29) is 5.56 Å². The second-order valence-corrected chi connectivity index (χ2v) is 10.7. The standard InChI is InChI=1S/C30H29N3OS/c34-30-26(19-24-16-17-28(35-24)23-14-8-3-9-15-23)32-29-25(18-21-10-4-1-5-11-21)31-27(20-33(29)30)22-12-6-2-7-13-22/h1-2,4-7,10-13,16-17,20,23,31H,3,8-9,14-15,18-19H2. The van der Waals surface area contributed by atoms with E-state index in [9.17, 15) is 4.79 Å². The number of aromatic nitrogens is 3. The lowest BCUT2D eigenvalue weighted by Crippen LogP contribution is -2.17. The van der Waals surface area contributed by atoms with Crippen LogP contribution < -0.4 is 5.56 Å². The lowest BCUT2D eigenvalue weighted by atomic mass is 9.88. The highest BCUT2D eigenvalue weighted by Crippen LogP contribution is 2.36.